The van der Waals surface area contributed by atoms with Crippen molar-refractivity contribution in [3.05, 3.63) is 53.3 Å². The van der Waals surface area contributed by atoms with E-state index in [1.807, 2.05) is 18.2 Å². The van der Waals surface area contributed by atoms with E-state index >= 15 is 0 Å². The highest BCUT2D eigenvalue weighted by atomic mass is 35.5. The van der Waals surface area contributed by atoms with Gasteiger partial charge < -0.3 is 4.74 Å². The van der Waals surface area contributed by atoms with Gasteiger partial charge in [-0.05, 0) is 25.1 Å². The molecule has 0 amide bonds. The Morgan fingerprint density at radius 3 is 2.76 bits per heavy atom. The normalized spacial score (nSPS) is 10.8. The maximum absolute atomic E-state index is 11.9. The molecular formula is C15H12ClN3O2. The average molecular weight is 302 g/mol. The Balaban J connectivity index is 2.13. The number of benzene rings is 1. The van der Waals surface area contributed by atoms with Crippen LogP contribution in [0.15, 0.2) is 42.7 Å². The molecule has 0 radical (unpaired) electrons. The second-order valence-corrected chi connectivity index (χ2v) is 4.79. The van der Waals surface area contributed by atoms with Gasteiger partial charge in [0.1, 0.15) is 5.56 Å². The maximum atomic E-state index is 11.9. The van der Waals surface area contributed by atoms with E-state index in [0.717, 1.165) is 11.3 Å². The van der Waals surface area contributed by atoms with E-state index in [-0.39, 0.29) is 0 Å². The largest absolute Gasteiger partial charge is 0.462 e. The van der Waals surface area contributed by atoms with Crippen LogP contribution >= 0.6 is 11.6 Å². The Labute approximate surface area is 126 Å². The van der Waals surface area contributed by atoms with Gasteiger partial charge in [-0.2, -0.15) is 5.10 Å². The lowest BCUT2D eigenvalue weighted by Gasteiger charge is -2.05. The number of fused-ring (bicyclic) bond motifs is 1. The molecule has 0 fully saturated rings. The van der Waals surface area contributed by atoms with Crippen molar-refractivity contribution < 1.29 is 9.53 Å². The fourth-order valence-corrected chi connectivity index (χ4v) is 2.21. The number of ether oxygens (including phenoxy) is 1. The smallest absolute Gasteiger partial charge is 0.343 e. The standard InChI is InChI=1S/C15H12ClN3O2/c1-2-21-15(20)12-9-18-19-13(7-8-17-14(12)19)10-3-5-11(16)6-4-10/h3-9H,2H2,1H3. The molecule has 0 spiro atoms. The molecule has 5 nitrogen and oxygen atoms in total. The Kier molecular flexibility index (Phi) is 3.58. The number of carbonyl (C=O) groups is 1. The number of nitrogens with zero attached hydrogens (tertiary/aromatic N) is 3. The topological polar surface area (TPSA) is 56.5 Å². The first kappa shape index (κ1) is 13.6. The zero-order valence-corrected chi connectivity index (χ0v) is 12.0. The summed E-state index contributed by atoms with van der Waals surface area (Å²) in [7, 11) is 0. The van der Waals surface area contributed by atoms with Crippen molar-refractivity contribution in [2.45, 2.75) is 6.92 Å². The molecule has 106 valence electrons. The minimum Gasteiger partial charge on any atom is -0.462 e. The molecule has 3 rings (SSSR count). The van der Waals surface area contributed by atoms with Crippen LogP contribution in [0, 0.1) is 0 Å². The third kappa shape index (κ3) is 2.48. The summed E-state index contributed by atoms with van der Waals surface area (Å²) in [5.74, 6) is -0.423. The molecule has 6 heteroatoms. The van der Waals surface area contributed by atoms with Crippen LogP contribution in [0.3, 0.4) is 0 Å². The van der Waals surface area contributed by atoms with E-state index in [4.69, 9.17) is 16.3 Å². The summed E-state index contributed by atoms with van der Waals surface area (Å²) in [5.41, 5.74) is 2.59. The van der Waals surface area contributed by atoms with Crippen LogP contribution in [0.25, 0.3) is 16.9 Å². The highest BCUT2D eigenvalue weighted by molar-refractivity contribution is 6.30. The van der Waals surface area contributed by atoms with E-state index < -0.39 is 5.97 Å². The first-order valence-corrected chi connectivity index (χ1v) is 6.84. The molecule has 1 aromatic carbocycles. The molecule has 0 bridgehead atoms. The molecule has 2 heterocycles. The number of rotatable bonds is 3. The molecule has 0 saturated heterocycles. The molecular weight excluding hydrogens is 290 g/mol. The summed E-state index contributed by atoms with van der Waals surface area (Å²) in [6.45, 7) is 2.07. The average Bonchev–Trinajstić information content (AvgIpc) is 2.92. The summed E-state index contributed by atoms with van der Waals surface area (Å²) in [4.78, 5) is 16.1. The van der Waals surface area contributed by atoms with Crippen LogP contribution in [0.5, 0.6) is 0 Å². The van der Waals surface area contributed by atoms with Gasteiger partial charge in [0.15, 0.2) is 5.65 Å². The Hall–Kier alpha value is -2.40. The lowest BCUT2D eigenvalue weighted by molar-refractivity contribution is 0.0528. The summed E-state index contributed by atoms with van der Waals surface area (Å²) < 4.78 is 6.63. The van der Waals surface area contributed by atoms with Gasteiger partial charge >= 0.3 is 5.97 Å². The fraction of sp³-hybridized carbons (Fsp3) is 0.133. The minimum absolute atomic E-state index is 0.313. The van der Waals surface area contributed by atoms with Gasteiger partial charge in [-0.1, -0.05) is 23.7 Å². The van der Waals surface area contributed by atoms with E-state index in [1.54, 1.807) is 29.8 Å². The van der Waals surface area contributed by atoms with Crippen molar-refractivity contribution in [3.8, 4) is 11.3 Å². The molecule has 3 aromatic rings. The third-order valence-corrected chi connectivity index (χ3v) is 3.29. The van der Waals surface area contributed by atoms with Crippen molar-refractivity contribution in [2.24, 2.45) is 0 Å². The minimum atomic E-state index is -0.423. The number of esters is 1. The van der Waals surface area contributed by atoms with Crippen molar-refractivity contribution in [2.75, 3.05) is 6.61 Å². The predicted octanol–water partition coefficient (Wildman–Crippen LogP) is 3.23. The number of hydrogen-bond acceptors (Lipinski definition) is 4. The first-order chi connectivity index (χ1) is 10.2. The van der Waals surface area contributed by atoms with Crippen LogP contribution in [-0.4, -0.2) is 27.2 Å². The van der Waals surface area contributed by atoms with Crippen molar-refractivity contribution in [1.82, 2.24) is 14.6 Å². The van der Waals surface area contributed by atoms with Gasteiger partial charge in [-0.3, -0.25) is 0 Å². The molecule has 2 aromatic heterocycles. The van der Waals surface area contributed by atoms with Crippen molar-refractivity contribution in [1.29, 1.82) is 0 Å². The number of aromatic nitrogens is 3. The van der Waals surface area contributed by atoms with E-state index in [2.05, 4.69) is 10.1 Å². The van der Waals surface area contributed by atoms with Gasteiger partial charge in [0.25, 0.3) is 0 Å². The summed E-state index contributed by atoms with van der Waals surface area (Å²) in [6.07, 6.45) is 3.11. The molecule has 0 unspecified atom stereocenters. The molecule has 0 saturated carbocycles. The molecule has 0 aliphatic rings. The van der Waals surface area contributed by atoms with Crippen LogP contribution < -0.4 is 0 Å². The van der Waals surface area contributed by atoms with Gasteiger partial charge in [-0.25, -0.2) is 14.3 Å². The van der Waals surface area contributed by atoms with Gasteiger partial charge in [0.05, 0.1) is 18.5 Å². The lowest BCUT2D eigenvalue weighted by atomic mass is 10.1. The summed E-state index contributed by atoms with van der Waals surface area (Å²) in [5, 5.41) is 4.90. The van der Waals surface area contributed by atoms with Crippen LogP contribution in [0.4, 0.5) is 0 Å². The lowest BCUT2D eigenvalue weighted by Crippen LogP contribution is -2.05. The van der Waals surface area contributed by atoms with Crippen LogP contribution in [-0.2, 0) is 4.74 Å². The van der Waals surface area contributed by atoms with E-state index in [0.29, 0.717) is 22.8 Å². The third-order valence-electron chi connectivity index (χ3n) is 3.04. The molecule has 0 aliphatic heterocycles. The Morgan fingerprint density at radius 2 is 2.05 bits per heavy atom. The van der Waals surface area contributed by atoms with Gasteiger partial charge in [0, 0.05) is 16.8 Å². The van der Waals surface area contributed by atoms with Crippen LogP contribution in [0.1, 0.15) is 17.3 Å². The molecule has 0 N–H and O–H groups in total. The van der Waals surface area contributed by atoms with Crippen molar-refractivity contribution in [3.63, 3.8) is 0 Å². The van der Waals surface area contributed by atoms with E-state index in [9.17, 15) is 4.79 Å². The molecule has 21 heavy (non-hydrogen) atoms. The number of hydrogen-bond donors (Lipinski definition) is 0. The quantitative estimate of drug-likeness (QED) is 0.697. The number of carbonyl (C=O) groups excluding carboxylic acids is 1. The Bertz CT molecular complexity index is 796. The summed E-state index contributed by atoms with van der Waals surface area (Å²) in [6, 6.07) is 9.22. The van der Waals surface area contributed by atoms with Gasteiger partial charge in [0.2, 0.25) is 0 Å². The van der Waals surface area contributed by atoms with E-state index in [1.165, 1.54) is 6.20 Å². The van der Waals surface area contributed by atoms with Crippen molar-refractivity contribution >= 4 is 23.2 Å². The number of halogens is 1. The van der Waals surface area contributed by atoms with Crippen LogP contribution in [0.2, 0.25) is 5.02 Å². The molecule has 0 atom stereocenters. The zero-order valence-electron chi connectivity index (χ0n) is 11.3. The highest BCUT2D eigenvalue weighted by Crippen LogP contribution is 2.22. The highest BCUT2D eigenvalue weighted by Gasteiger charge is 2.16. The Morgan fingerprint density at radius 1 is 1.29 bits per heavy atom. The zero-order chi connectivity index (χ0) is 14.8. The van der Waals surface area contributed by atoms with Gasteiger partial charge in [-0.15, -0.1) is 0 Å². The molecule has 0 aliphatic carbocycles. The second-order valence-electron chi connectivity index (χ2n) is 4.35. The first-order valence-electron chi connectivity index (χ1n) is 6.46. The predicted molar refractivity (Wildman–Crippen MR) is 79.4 cm³/mol. The summed E-state index contributed by atoms with van der Waals surface area (Å²) >= 11 is 5.90. The monoisotopic (exact) mass is 301 g/mol. The maximum Gasteiger partial charge on any atom is 0.343 e. The fourth-order valence-electron chi connectivity index (χ4n) is 2.08. The SMILES string of the molecule is CCOC(=O)c1cnn2c(-c3ccc(Cl)cc3)ccnc12. The second kappa shape index (κ2) is 5.54.